The van der Waals surface area contributed by atoms with Gasteiger partial charge in [0.05, 0.1) is 13.0 Å². The monoisotopic (exact) mass is 371 g/mol. The number of carbonyl (C=O) groups is 1. The van der Waals surface area contributed by atoms with E-state index in [9.17, 15) is 4.79 Å². The number of nitrogens with one attached hydrogen (secondary N) is 4. The van der Waals surface area contributed by atoms with Crippen LogP contribution in [0.15, 0.2) is 24.3 Å². The molecular formula is C16H24ClN4O2S+. The van der Waals surface area contributed by atoms with Crippen molar-refractivity contribution in [2.75, 3.05) is 25.0 Å². The molecule has 132 valence electrons. The predicted octanol–water partition coefficient (Wildman–Crippen LogP) is 0.740. The molecule has 1 fully saturated rings. The van der Waals surface area contributed by atoms with E-state index in [1.807, 2.05) is 12.1 Å². The van der Waals surface area contributed by atoms with Crippen molar-refractivity contribution in [2.24, 2.45) is 0 Å². The maximum Gasteiger partial charge on any atom is 0.244 e. The van der Waals surface area contributed by atoms with Crippen molar-refractivity contribution >= 4 is 40.5 Å². The Balaban J connectivity index is 1.65. The van der Waals surface area contributed by atoms with Gasteiger partial charge in [-0.3, -0.25) is 15.6 Å². The molecule has 3 atom stereocenters. The predicted molar refractivity (Wildman–Crippen MR) is 99.1 cm³/mol. The Kier molecular flexibility index (Phi) is 7.23. The van der Waals surface area contributed by atoms with E-state index in [2.05, 4.69) is 30.0 Å². The SMILES string of the molecule is C[C@@H]1C[NH+](CCC(=O)NNC(=S)Nc2ccc(Cl)cc2)C[C@H](C)O1. The first kappa shape index (κ1) is 18.9. The van der Waals surface area contributed by atoms with Crippen molar-refractivity contribution in [3.63, 3.8) is 0 Å². The number of amides is 1. The molecule has 1 amide bonds. The molecule has 0 spiro atoms. The van der Waals surface area contributed by atoms with E-state index in [1.165, 1.54) is 4.90 Å². The van der Waals surface area contributed by atoms with E-state index < -0.39 is 0 Å². The zero-order valence-electron chi connectivity index (χ0n) is 13.9. The third kappa shape index (κ3) is 6.60. The van der Waals surface area contributed by atoms with E-state index in [0.29, 0.717) is 16.6 Å². The molecule has 1 aliphatic rings. The summed E-state index contributed by atoms with van der Waals surface area (Å²) in [6.07, 6.45) is 0.910. The Morgan fingerprint density at radius 3 is 2.50 bits per heavy atom. The molecule has 1 saturated heterocycles. The smallest absolute Gasteiger partial charge is 0.244 e. The van der Waals surface area contributed by atoms with E-state index in [0.717, 1.165) is 25.3 Å². The molecule has 1 aliphatic heterocycles. The van der Waals surface area contributed by atoms with Gasteiger partial charge in [0.2, 0.25) is 5.91 Å². The first-order valence-corrected chi connectivity index (χ1v) is 8.81. The number of hydrazine groups is 1. The number of benzene rings is 1. The Hall–Kier alpha value is -1.41. The summed E-state index contributed by atoms with van der Waals surface area (Å²) in [6.45, 7) is 6.78. The number of rotatable bonds is 4. The molecule has 2 rings (SSSR count). The summed E-state index contributed by atoms with van der Waals surface area (Å²) >= 11 is 11.0. The number of quaternary nitrogens is 1. The van der Waals surface area contributed by atoms with Gasteiger partial charge in [0, 0.05) is 10.7 Å². The molecule has 0 bridgehead atoms. The van der Waals surface area contributed by atoms with Crippen LogP contribution in [-0.4, -0.2) is 42.9 Å². The van der Waals surface area contributed by atoms with Crippen LogP contribution in [-0.2, 0) is 9.53 Å². The minimum absolute atomic E-state index is 0.0884. The van der Waals surface area contributed by atoms with Crippen LogP contribution in [0.1, 0.15) is 20.3 Å². The topological polar surface area (TPSA) is 66.8 Å². The van der Waals surface area contributed by atoms with Gasteiger partial charge in [0.1, 0.15) is 25.3 Å². The van der Waals surface area contributed by atoms with Crippen molar-refractivity contribution in [2.45, 2.75) is 32.5 Å². The summed E-state index contributed by atoms with van der Waals surface area (Å²) in [5.41, 5.74) is 6.12. The van der Waals surface area contributed by atoms with Crippen molar-refractivity contribution in [1.29, 1.82) is 0 Å². The van der Waals surface area contributed by atoms with E-state index >= 15 is 0 Å². The second-order valence-corrected chi connectivity index (χ2v) is 6.89. The number of halogens is 1. The van der Waals surface area contributed by atoms with Crippen LogP contribution in [0.5, 0.6) is 0 Å². The number of ether oxygens (including phenoxy) is 1. The fourth-order valence-corrected chi connectivity index (χ4v) is 3.06. The standard InChI is InChI=1S/C16H23ClN4O2S/c1-11-9-21(10-12(2)23-11)8-7-15(22)19-20-16(24)18-14-5-3-13(17)4-6-14/h3-6,11-12H,7-10H2,1-2H3,(H,19,22)(H2,18,20,24)/p+1/t11-,12+. The lowest BCUT2D eigenvalue weighted by Crippen LogP contribution is -3.15. The summed E-state index contributed by atoms with van der Waals surface area (Å²) in [7, 11) is 0. The molecule has 6 nitrogen and oxygen atoms in total. The van der Waals surface area contributed by atoms with Crippen LogP contribution in [0.3, 0.4) is 0 Å². The molecule has 8 heteroatoms. The number of carbonyl (C=O) groups excluding carboxylic acids is 1. The molecule has 0 radical (unpaired) electrons. The third-order valence-corrected chi connectivity index (χ3v) is 4.20. The highest BCUT2D eigenvalue weighted by Crippen LogP contribution is 2.12. The molecule has 1 aromatic rings. The average Bonchev–Trinajstić information content (AvgIpc) is 2.52. The van der Waals surface area contributed by atoms with Crippen LogP contribution >= 0.6 is 23.8 Å². The first-order chi connectivity index (χ1) is 11.4. The second-order valence-electron chi connectivity index (χ2n) is 6.05. The Bertz CT molecular complexity index is 560. The molecule has 24 heavy (non-hydrogen) atoms. The van der Waals surface area contributed by atoms with Crippen molar-refractivity contribution in [3.8, 4) is 0 Å². The normalized spacial score (nSPS) is 23.4. The fraction of sp³-hybridized carbons (Fsp3) is 0.500. The molecular weight excluding hydrogens is 348 g/mol. The maximum absolute atomic E-state index is 11.9. The maximum atomic E-state index is 11.9. The lowest BCUT2D eigenvalue weighted by molar-refractivity contribution is -0.914. The molecule has 1 aromatic carbocycles. The highest BCUT2D eigenvalue weighted by molar-refractivity contribution is 7.80. The summed E-state index contributed by atoms with van der Waals surface area (Å²) in [5, 5.41) is 3.95. The molecule has 0 saturated carbocycles. The van der Waals surface area contributed by atoms with Gasteiger partial charge >= 0.3 is 0 Å². The number of thiocarbonyl (C=S) groups is 1. The summed E-state index contributed by atoms with van der Waals surface area (Å²) in [5.74, 6) is -0.0884. The lowest BCUT2D eigenvalue weighted by Gasteiger charge is -2.32. The second kappa shape index (κ2) is 9.17. The molecule has 4 N–H and O–H groups in total. The summed E-state index contributed by atoms with van der Waals surface area (Å²) in [4.78, 5) is 13.3. The highest BCUT2D eigenvalue weighted by atomic mass is 35.5. The van der Waals surface area contributed by atoms with Crippen molar-refractivity contribution in [3.05, 3.63) is 29.3 Å². The first-order valence-electron chi connectivity index (χ1n) is 8.03. The average molecular weight is 372 g/mol. The van der Waals surface area contributed by atoms with Gasteiger partial charge in [0.25, 0.3) is 0 Å². The van der Waals surface area contributed by atoms with Gasteiger partial charge in [-0.05, 0) is 50.3 Å². The van der Waals surface area contributed by atoms with E-state index in [-0.39, 0.29) is 18.1 Å². The number of hydrogen-bond acceptors (Lipinski definition) is 3. The number of morpholine rings is 1. The lowest BCUT2D eigenvalue weighted by atomic mass is 10.2. The van der Waals surface area contributed by atoms with Gasteiger partial charge in [-0.1, -0.05) is 11.6 Å². The minimum atomic E-state index is -0.0884. The van der Waals surface area contributed by atoms with Gasteiger partial charge in [0.15, 0.2) is 5.11 Å². The number of hydrogen-bond donors (Lipinski definition) is 4. The van der Waals surface area contributed by atoms with Gasteiger partial charge in [-0.25, -0.2) is 0 Å². The van der Waals surface area contributed by atoms with Crippen molar-refractivity contribution < 1.29 is 14.4 Å². The van der Waals surface area contributed by atoms with Crippen LogP contribution in [0.4, 0.5) is 5.69 Å². The van der Waals surface area contributed by atoms with E-state index in [1.54, 1.807) is 12.1 Å². The third-order valence-electron chi connectivity index (χ3n) is 3.74. The van der Waals surface area contributed by atoms with Gasteiger partial charge < -0.3 is 15.0 Å². The molecule has 1 unspecified atom stereocenters. The number of anilines is 1. The Labute approximate surface area is 152 Å². The molecule has 0 aliphatic carbocycles. The minimum Gasteiger partial charge on any atom is -0.364 e. The van der Waals surface area contributed by atoms with Crippen LogP contribution < -0.4 is 21.1 Å². The summed E-state index contributed by atoms with van der Waals surface area (Å²) in [6, 6.07) is 7.14. The van der Waals surface area contributed by atoms with Gasteiger partial charge in [-0.2, -0.15) is 0 Å². The van der Waals surface area contributed by atoms with Gasteiger partial charge in [-0.15, -0.1) is 0 Å². The highest BCUT2D eigenvalue weighted by Gasteiger charge is 2.25. The van der Waals surface area contributed by atoms with Crippen LogP contribution in [0.2, 0.25) is 5.02 Å². The van der Waals surface area contributed by atoms with Crippen LogP contribution in [0, 0.1) is 0 Å². The Morgan fingerprint density at radius 1 is 1.25 bits per heavy atom. The molecule has 1 heterocycles. The Morgan fingerprint density at radius 2 is 1.88 bits per heavy atom. The van der Waals surface area contributed by atoms with E-state index in [4.69, 9.17) is 28.6 Å². The summed E-state index contributed by atoms with van der Waals surface area (Å²) < 4.78 is 5.70. The van der Waals surface area contributed by atoms with Crippen molar-refractivity contribution in [1.82, 2.24) is 10.9 Å². The fourth-order valence-electron chi connectivity index (χ4n) is 2.77. The largest absolute Gasteiger partial charge is 0.364 e. The quantitative estimate of drug-likeness (QED) is 0.464. The zero-order valence-corrected chi connectivity index (χ0v) is 15.5. The van der Waals surface area contributed by atoms with Crippen LogP contribution in [0.25, 0.3) is 0 Å². The zero-order chi connectivity index (χ0) is 17.5. The molecule has 0 aromatic heterocycles.